The largest absolute Gasteiger partial charge is 0.377 e. The van der Waals surface area contributed by atoms with Crippen molar-refractivity contribution in [2.45, 2.75) is 38.5 Å². The molecule has 1 aromatic rings. The van der Waals surface area contributed by atoms with Gasteiger partial charge in [0.25, 0.3) is 0 Å². The van der Waals surface area contributed by atoms with Crippen molar-refractivity contribution in [2.24, 2.45) is 16.6 Å². The van der Waals surface area contributed by atoms with Gasteiger partial charge in [0.2, 0.25) is 0 Å². The number of hydrogen-bond donors (Lipinski definition) is 1. The predicted molar refractivity (Wildman–Crippen MR) is 86.0 cm³/mol. The van der Waals surface area contributed by atoms with E-state index in [9.17, 15) is 0 Å². The molecule has 0 saturated carbocycles. The maximum absolute atomic E-state index is 6.10. The van der Waals surface area contributed by atoms with Gasteiger partial charge in [0.15, 0.2) is 5.96 Å². The van der Waals surface area contributed by atoms with Crippen LogP contribution in [0.2, 0.25) is 0 Å². The van der Waals surface area contributed by atoms with Crippen LogP contribution in [-0.4, -0.2) is 65.4 Å². The molecule has 0 amide bonds. The molecule has 23 heavy (non-hydrogen) atoms. The summed E-state index contributed by atoms with van der Waals surface area (Å²) in [5.41, 5.74) is 6.90. The van der Waals surface area contributed by atoms with Gasteiger partial charge in [-0.1, -0.05) is 12.1 Å². The van der Waals surface area contributed by atoms with E-state index in [0.29, 0.717) is 25.7 Å². The van der Waals surface area contributed by atoms with Crippen LogP contribution in [0.3, 0.4) is 0 Å². The quantitative estimate of drug-likeness (QED) is 0.638. The Labute approximate surface area is 136 Å². The van der Waals surface area contributed by atoms with Crippen LogP contribution in [0.4, 0.5) is 0 Å². The highest BCUT2D eigenvalue weighted by molar-refractivity contribution is 5.78. The Balaban J connectivity index is 1.57. The van der Waals surface area contributed by atoms with Gasteiger partial charge in [-0.25, -0.2) is 9.67 Å². The minimum atomic E-state index is 0.0217. The van der Waals surface area contributed by atoms with Crippen LogP contribution in [-0.2, 0) is 16.0 Å². The molecular formula is C15H26N6O2. The number of ether oxygens (including phenoxy) is 2. The first-order chi connectivity index (χ1) is 11.2. The van der Waals surface area contributed by atoms with Crippen molar-refractivity contribution in [2.75, 3.05) is 33.4 Å². The van der Waals surface area contributed by atoms with Crippen LogP contribution in [0, 0.1) is 5.92 Å². The van der Waals surface area contributed by atoms with E-state index in [1.54, 1.807) is 7.11 Å². The summed E-state index contributed by atoms with van der Waals surface area (Å²) in [4.78, 5) is 6.61. The lowest BCUT2D eigenvalue weighted by atomic mass is 10.00. The van der Waals surface area contributed by atoms with E-state index in [2.05, 4.69) is 27.1 Å². The van der Waals surface area contributed by atoms with Crippen LogP contribution in [0.15, 0.2) is 11.2 Å². The van der Waals surface area contributed by atoms with Gasteiger partial charge in [0, 0.05) is 20.2 Å². The summed E-state index contributed by atoms with van der Waals surface area (Å²) in [6.07, 6.45) is 4.27. The molecule has 2 atom stereocenters. The summed E-state index contributed by atoms with van der Waals surface area (Å²) in [7, 11) is 1.69. The zero-order valence-corrected chi connectivity index (χ0v) is 13.9. The average molecular weight is 322 g/mol. The van der Waals surface area contributed by atoms with Crippen molar-refractivity contribution in [1.82, 2.24) is 19.9 Å². The second kappa shape index (κ2) is 7.27. The third-order valence-electron chi connectivity index (χ3n) is 4.71. The first kappa shape index (κ1) is 16.2. The molecule has 0 spiro atoms. The molecule has 2 aliphatic heterocycles. The fourth-order valence-electron chi connectivity index (χ4n) is 3.04. The molecule has 1 aromatic heterocycles. The van der Waals surface area contributed by atoms with E-state index in [0.717, 1.165) is 24.7 Å². The summed E-state index contributed by atoms with van der Waals surface area (Å²) in [6, 6.07) is 0.0751. The van der Waals surface area contributed by atoms with Crippen molar-refractivity contribution in [3.05, 3.63) is 11.9 Å². The summed E-state index contributed by atoms with van der Waals surface area (Å²) < 4.78 is 12.7. The Morgan fingerprint density at radius 1 is 1.43 bits per heavy atom. The Bertz CT molecular complexity index is 538. The predicted octanol–water partition coefficient (Wildman–Crippen LogP) is 0.411. The number of likely N-dealkylation sites (tertiary alicyclic amines) is 1. The molecule has 2 saturated heterocycles. The average Bonchev–Trinajstić information content (AvgIpc) is 3.21. The highest BCUT2D eigenvalue weighted by atomic mass is 16.5. The molecule has 0 aliphatic carbocycles. The van der Waals surface area contributed by atoms with Gasteiger partial charge >= 0.3 is 0 Å². The number of guanidine groups is 1. The van der Waals surface area contributed by atoms with Crippen molar-refractivity contribution in [3.8, 4) is 0 Å². The second-order valence-electron chi connectivity index (χ2n) is 6.41. The Morgan fingerprint density at radius 3 is 2.96 bits per heavy atom. The van der Waals surface area contributed by atoms with E-state index in [1.807, 2.05) is 10.9 Å². The van der Waals surface area contributed by atoms with Crippen LogP contribution >= 0.6 is 0 Å². The van der Waals surface area contributed by atoms with Gasteiger partial charge in [0.05, 0.1) is 26.0 Å². The monoisotopic (exact) mass is 322 g/mol. The summed E-state index contributed by atoms with van der Waals surface area (Å²) in [6.45, 7) is 5.88. The fraction of sp³-hybridized carbons (Fsp3) is 0.800. The minimum Gasteiger partial charge on any atom is -0.377 e. The van der Waals surface area contributed by atoms with Crippen molar-refractivity contribution in [3.63, 3.8) is 0 Å². The molecule has 8 nitrogen and oxygen atoms in total. The van der Waals surface area contributed by atoms with Gasteiger partial charge in [0.1, 0.15) is 17.8 Å². The van der Waals surface area contributed by atoms with Crippen LogP contribution in [0.1, 0.15) is 31.5 Å². The van der Waals surface area contributed by atoms with Crippen LogP contribution in [0.25, 0.3) is 0 Å². The lowest BCUT2D eigenvalue weighted by Gasteiger charge is -2.30. The lowest BCUT2D eigenvalue weighted by molar-refractivity contribution is 0.0661. The number of rotatable bonds is 4. The van der Waals surface area contributed by atoms with E-state index >= 15 is 0 Å². The van der Waals surface area contributed by atoms with Crippen molar-refractivity contribution >= 4 is 5.96 Å². The Morgan fingerprint density at radius 2 is 2.22 bits per heavy atom. The Hall–Kier alpha value is -1.67. The number of aliphatic imine (C=N–C) groups is 1. The zero-order chi connectivity index (χ0) is 16.2. The Kier molecular flexibility index (Phi) is 5.12. The van der Waals surface area contributed by atoms with E-state index in [4.69, 9.17) is 15.2 Å². The van der Waals surface area contributed by atoms with Crippen LogP contribution < -0.4 is 5.73 Å². The third kappa shape index (κ3) is 3.81. The number of nitrogens with zero attached hydrogens (tertiary/aromatic N) is 5. The lowest BCUT2D eigenvalue weighted by Crippen LogP contribution is -2.42. The van der Waals surface area contributed by atoms with Gasteiger partial charge in [-0.2, -0.15) is 0 Å². The topological polar surface area (TPSA) is 90.8 Å². The standard InChI is InChI=1S/C15H26N6O2/c1-11-3-5-20(6-4-11)15(16)17-7-12-8-21(19-18-12)13-9-23-10-14(13)22-2/h8,11,13-14H,3-7,9-10H2,1-2H3,(H2,16,17)/t13-,14-/m1/s1. The molecule has 0 bridgehead atoms. The van der Waals surface area contributed by atoms with E-state index < -0.39 is 0 Å². The molecule has 3 rings (SSSR count). The first-order valence-electron chi connectivity index (χ1n) is 8.23. The molecule has 2 fully saturated rings. The third-order valence-corrected chi connectivity index (χ3v) is 4.71. The van der Waals surface area contributed by atoms with E-state index in [-0.39, 0.29) is 12.1 Å². The molecule has 0 unspecified atom stereocenters. The molecule has 8 heteroatoms. The number of methoxy groups -OCH3 is 1. The van der Waals surface area contributed by atoms with Gasteiger partial charge < -0.3 is 20.1 Å². The number of piperidine rings is 1. The summed E-state index contributed by atoms with van der Waals surface area (Å²) in [5, 5.41) is 8.36. The highest BCUT2D eigenvalue weighted by Crippen LogP contribution is 2.21. The number of hydrogen-bond acceptors (Lipinski definition) is 5. The first-order valence-corrected chi connectivity index (χ1v) is 8.23. The molecular weight excluding hydrogens is 296 g/mol. The smallest absolute Gasteiger partial charge is 0.191 e. The summed E-state index contributed by atoms with van der Waals surface area (Å²) >= 11 is 0. The second-order valence-corrected chi connectivity index (χ2v) is 6.41. The molecule has 2 N–H and O–H groups in total. The molecule has 3 heterocycles. The zero-order valence-electron chi connectivity index (χ0n) is 13.9. The number of aromatic nitrogens is 3. The summed E-state index contributed by atoms with van der Waals surface area (Å²) in [5.74, 6) is 1.38. The molecule has 2 aliphatic rings. The number of nitrogens with two attached hydrogens (primary N) is 1. The van der Waals surface area contributed by atoms with Crippen LogP contribution in [0.5, 0.6) is 0 Å². The normalized spacial score (nSPS) is 26.9. The van der Waals surface area contributed by atoms with Crippen molar-refractivity contribution in [1.29, 1.82) is 0 Å². The molecule has 128 valence electrons. The molecule has 0 radical (unpaired) electrons. The van der Waals surface area contributed by atoms with E-state index in [1.165, 1.54) is 12.8 Å². The van der Waals surface area contributed by atoms with Gasteiger partial charge in [-0.05, 0) is 18.8 Å². The maximum Gasteiger partial charge on any atom is 0.191 e. The van der Waals surface area contributed by atoms with Gasteiger partial charge in [-0.3, -0.25) is 0 Å². The fourth-order valence-corrected chi connectivity index (χ4v) is 3.04. The molecule has 0 aromatic carbocycles. The maximum atomic E-state index is 6.10. The van der Waals surface area contributed by atoms with Gasteiger partial charge in [-0.15, -0.1) is 5.10 Å². The SMILES string of the molecule is CO[C@@H]1COC[C@H]1n1cc(CN=C(N)N2CCC(C)CC2)nn1. The minimum absolute atomic E-state index is 0.0217. The highest BCUT2D eigenvalue weighted by Gasteiger charge is 2.30. The van der Waals surface area contributed by atoms with Crippen molar-refractivity contribution < 1.29 is 9.47 Å².